The lowest BCUT2D eigenvalue weighted by Crippen LogP contribution is -2.05. The Labute approximate surface area is 118 Å². The fourth-order valence-electron chi connectivity index (χ4n) is 1.90. The first-order chi connectivity index (χ1) is 8.52. The number of anilines is 1. The third-order valence-electron chi connectivity index (χ3n) is 2.97. The molecule has 0 atom stereocenters. The van der Waals surface area contributed by atoms with Crippen LogP contribution in [-0.2, 0) is 20.1 Å². The molecular weight excluding hydrogens is 269 g/mol. The Bertz CT molecular complexity index is 561. The number of halogens is 2. The number of aromatic nitrogens is 4. The summed E-state index contributed by atoms with van der Waals surface area (Å²) in [6.07, 6.45) is 1.97. The number of hydrogen-bond donors (Lipinski definition) is 1. The predicted octanol–water partition coefficient (Wildman–Crippen LogP) is 2.43. The molecule has 0 unspecified atom stereocenters. The largest absolute Gasteiger partial charge is 0.364 e. The van der Waals surface area contributed by atoms with Gasteiger partial charge in [-0.25, -0.2) is 4.68 Å². The minimum atomic E-state index is -0.299. The third-order valence-corrected chi connectivity index (χ3v) is 2.97. The van der Waals surface area contributed by atoms with E-state index in [4.69, 9.17) is 0 Å². The van der Waals surface area contributed by atoms with Gasteiger partial charge in [-0.1, -0.05) is 0 Å². The Hall–Kier alpha value is -1.56. The van der Waals surface area contributed by atoms with E-state index in [1.54, 1.807) is 14.0 Å². The van der Waals surface area contributed by atoms with Crippen molar-refractivity contribution in [1.82, 2.24) is 19.6 Å². The highest BCUT2D eigenvalue weighted by molar-refractivity contribution is 5.85. The molecule has 0 saturated carbocycles. The molecule has 0 aromatic carbocycles. The van der Waals surface area contributed by atoms with Gasteiger partial charge in [0.25, 0.3) is 0 Å². The van der Waals surface area contributed by atoms with Gasteiger partial charge in [-0.3, -0.25) is 4.68 Å². The van der Waals surface area contributed by atoms with Crippen LogP contribution in [0.2, 0.25) is 0 Å². The zero-order valence-corrected chi connectivity index (χ0v) is 12.4. The van der Waals surface area contributed by atoms with Crippen molar-refractivity contribution < 1.29 is 4.39 Å². The Balaban J connectivity index is 0.00000180. The molecular formula is C12H19ClFN5. The van der Waals surface area contributed by atoms with E-state index in [2.05, 4.69) is 15.5 Å². The summed E-state index contributed by atoms with van der Waals surface area (Å²) in [5.74, 6) is 0.493. The zero-order chi connectivity index (χ0) is 13.3. The number of hydrogen-bond acceptors (Lipinski definition) is 3. The number of nitrogens with one attached hydrogen (secondary N) is 1. The summed E-state index contributed by atoms with van der Waals surface area (Å²) >= 11 is 0. The third kappa shape index (κ3) is 3.07. The van der Waals surface area contributed by atoms with Gasteiger partial charge in [0.1, 0.15) is 0 Å². The minimum Gasteiger partial charge on any atom is -0.364 e. The van der Waals surface area contributed by atoms with E-state index in [1.165, 1.54) is 4.68 Å². The molecule has 0 fully saturated rings. The fraction of sp³-hybridized carbons (Fsp3) is 0.500. The van der Waals surface area contributed by atoms with Gasteiger partial charge < -0.3 is 5.32 Å². The van der Waals surface area contributed by atoms with E-state index in [9.17, 15) is 4.39 Å². The molecule has 0 aliphatic carbocycles. The van der Waals surface area contributed by atoms with E-state index >= 15 is 0 Å². The average Bonchev–Trinajstić information content (AvgIpc) is 2.80. The van der Waals surface area contributed by atoms with Crippen LogP contribution in [0.4, 0.5) is 10.2 Å². The molecule has 0 radical (unpaired) electrons. The van der Waals surface area contributed by atoms with Crippen LogP contribution < -0.4 is 5.32 Å². The maximum Gasteiger partial charge on any atom is 0.216 e. The summed E-state index contributed by atoms with van der Waals surface area (Å²) in [6.45, 7) is 7.03. The maximum absolute atomic E-state index is 13.7. The van der Waals surface area contributed by atoms with Crippen molar-refractivity contribution in [2.75, 3.05) is 5.32 Å². The van der Waals surface area contributed by atoms with Gasteiger partial charge in [0.15, 0.2) is 5.82 Å². The van der Waals surface area contributed by atoms with Gasteiger partial charge in [0.05, 0.1) is 5.69 Å². The molecule has 1 N–H and O–H groups in total. The Kier molecular flexibility index (Phi) is 4.94. The molecule has 2 rings (SSSR count). The van der Waals surface area contributed by atoms with Crippen molar-refractivity contribution in [2.24, 2.45) is 7.05 Å². The molecule has 19 heavy (non-hydrogen) atoms. The predicted molar refractivity (Wildman–Crippen MR) is 75.1 cm³/mol. The monoisotopic (exact) mass is 287 g/mol. The van der Waals surface area contributed by atoms with Crippen molar-refractivity contribution in [3.63, 3.8) is 0 Å². The van der Waals surface area contributed by atoms with E-state index in [0.29, 0.717) is 17.8 Å². The van der Waals surface area contributed by atoms with Crippen LogP contribution in [-0.4, -0.2) is 19.6 Å². The average molecular weight is 288 g/mol. The zero-order valence-electron chi connectivity index (χ0n) is 11.6. The van der Waals surface area contributed by atoms with E-state index in [-0.39, 0.29) is 18.4 Å². The first-order valence-corrected chi connectivity index (χ1v) is 5.98. The molecule has 0 bridgehead atoms. The Morgan fingerprint density at radius 3 is 2.47 bits per heavy atom. The van der Waals surface area contributed by atoms with Gasteiger partial charge in [0, 0.05) is 37.5 Å². The first kappa shape index (κ1) is 15.5. The number of rotatable bonds is 4. The second-order valence-corrected chi connectivity index (χ2v) is 4.35. The van der Waals surface area contributed by atoms with Crippen molar-refractivity contribution in [1.29, 1.82) is 0 Å². The molecule has 2 heterocycles. The molecule has 7 heteroatoms. The van der Waals surface area contributed by atoms with Crippen molar-refractivity contribution in [3.05, 3.63) is 29.0 Å². The summed E-state index contributed by atoms with van der Waals surface area (Å²) in [7, 11) is 1.60. The van der Waals surface area contributed by atoms with Crippen LogP contribution in [0, 0.1) is 19.8 Å². The lowest BCUT2D eigenvalue weighted by Gasteiger charge is -2.03. The first-order valence-electron chi connectivity index (χ1n) is 5.98. The van der Waals surface area contributed by atoms with E-state index in [1.807, 2.05) is 24.7 Å². The van der Waals surface area contributed by atoms with Crippen molar-refractivity contribution in [3.8, 4) is 0 Å². The molecule has 0 saturated heterocycles. The smallest absolute Gasteiger partial charge is 0.216 e. The number of nitrogens with zero attached hydrogens (tertiary/aromatic N) is 4. The molecule has 0 spiro atoms. The van der Waals surface area contributed by atoms with Crippen LogP contribution in [0.5, 0.6) is 0 Å². The van der Waals surface area contributed by atoms with Gasteiger partial charge in [-0.05, 0) is 20.8 Å². The van der Waals surface area contributed by atoms with Crippen molar-refractivity contribution >= 4 is 18.2 Å². The summed E-state index contributed by atoms with van der Waals surface area (Å²) in [5.41, 5.74) is 2.34. The second kappa shape index (κ2) is 6.06. The Morgan fingerprint density at radius 2 is 2.00 bits per heavy atom. The molecule has 2 aromatic heterocycles. The highest BCUT2D eigenvalue weighted by Gasteiger charge is 2.13. The maximum atomic E-state index is 13.7. The fourth-order valence-corrected chi connectivity index (χ4v) is 1.90. The van der Waals surface area contributed by atoms with Crippen LogP contribution in [0.25, 0.3) is 0 Å². The number of aryl methyl sites for hydroxylation is 4. The standard InChI is InChI=1S/C12H18FN5.ClH/c1-5-18-7-8(2)12(16-18)14-6-10-9(3)15-17(4)11(10)13;/h7H,5-6H2,1-4H3,(H,14,16);1H. The minimum absolute atomic E-state index is 0. The molecule has 0 amide bonds. The van der Waals surface area contributed by atoms with Gasteiger partial charge >= 0.3 is 0 Å². The topological polar surface area (TPSA) is 47.7 Å². The molecule has 2 aromatic rings. The summed E-state index contributed by atoms with van der Waals surface area (Å²) < 4.78 is 16.8. The van der Waals surface area contributed by atoms with Gasteiger partial charge in [0.2, 0.25) is 5.95 Å². The summed E-state index contributed by atoms with van der Waals surface area (Å²) in [4.78, 5) is 0. The van der Waals surface area contributed by atoms with E-state index < -0.39 is 0 Å². The molecule has 5 nitrogen and oxygen atoms in total. The van der Waals surface area contributed by atoms with Crippen LogP contribution >= 0.6 is 12.4 Å². The van der Waals surface area contributed by atoms with Crippen LogP contribution in [0.15, 0.2) is 6.20 Å². The SMILES string of the molecule is CCn1cc(C)c(NCc2c(C)nn(C)c2F)n1.Cl. The van der Waals surface area contributed by atoms with Crippen LogP contribution in [0.3, 0.4) is 0 Å². The Morgan fingerprint density at radius 1 is 1.32 bits per heavy atom. The summed E-state index contributed by atoms with van der Waals surface area (Å²) in [6, 6.07) is 0. The normalized spacial score (nSPS) is 10.4. The lowest BCUT2D eigenvalue weighted by atomic mass is 10.2. The molecule has 106 valence electrons. The molecule has 0 aliphatic rings. The van der Waals surface area contributed by atoms with E-state index in [0.717, 1.165) is 17.9 Å². The highest BCUT2D eigenvalue weighted by Crippen LogP contribution is 2.16. The highest BCUT2D eigenvalue weighted by atomic mass is 35.5. The second-order valence-electron chi connectivity index (χ2n) is 4.35. The lowest BCUT2D eigenvalue weighted by molar-refractivity contribution is 0.496. The summed E-state index contributed by atoms with van der Waals surface area (Å²) in [5, 5.41) is 11.6. The van der Waals surface area contributed by atoms with Gasteiger partial charge in [-0.2, -0.15) is 14.6 Å². The molecule has 0 aliphatic heterocycles. The van der Waals surface area contributed by atoms with Crippen LogP contribution in [0.1, 0.15) is 23.7 Å². The van der Waals surface area contributed by atoms with Crippen molar-refractivity contribution in [2.45, 2.75) is 33.9 Å². The van der Waals surface area contributed by atoms with Gasteiger partial charge in [-0.15, -0.1) is 12.4 Å². The quantitative estimate of drug-likeness (QED) is 0.939.